The second kappa shape index (κ2) is 7.91. The predicted octanol–water partition coefficient (Wildman–Crippen LogP) is 2.82. The maximum atomic E-state index is 12.6. The molecular weight excluding hydrogens is 340 g/mol. The molecule has 0 saturated carbocycles. The Morgan fingerprint density at radius 2 is 2.07 bits per heavy atom. The van der Waals surface area contributed by atoms with Crippen LogP contribution in [0.4, 0.5) is 5.69 Å². The number of nitrogens with one attached hydrogen (secondary N) is 1. The Kier molecular flexibility index (Phi) is 5.19. The van der Waals surface area contributed by atoms with Gasteiger partial charge in [-0.3, -0.25) is 4.79 Å². The van der Waals surface area contributed by atoms with Gasteiger partial charge in [-0.25, -0.2) is 0 Å². The van der Waals surface area contributed by atoms with Crippen molar-refractivity contribution in [1.29, 1.82) is 0 Å². The van der Waals surface area contributed by atoms with Crippen LogP contribution < -0.4 is 19.7 Å². The molecule has 2 aromatic rings. The third-order valence-electron chi connectivity index (χ3n) is 5.43. The molecule has 1 unspecified atom stereocenters. The molecular formula is C22H26N2O3. The Labute approximate surface area is 160 Å². The molecule has 5 heteroatoms. The molecule has 5 nitrogen and oxygen atoms in total. The lowest BCUT2D eigenvalue weighted by Gasteiger charge is -2.31. The van der Waals surface area contributed by atoms with Crippen molar-refractivity contribution in [3.8, 4) is 11.5 Å². The first-order valence-electron chi connectivity index (χ1n) is 9.65. The Balaban J connectivity index is 1.32. The van der Waals surface area contributed by atoms with Crippen molar-refractivity contribution in [3.05, 3.63) is 53.6 Å². The van der Waals surface area contributed by atoms with Gasteiger partial charge < -0.3 is 19.7 Å². The third-order valence-corrected chi connectivity index (χ3v) is 5.43. The number of methoxy groups -OCH3 is 1. The van der Waals surface area contributed by atoms with Crippen LogP contribution in [0.1, 0.15) is 17.5 Å². The number of hydrogen-bond donors (Lipinski definition) is 1. The molecule has 4 rings (SSSR count). The number of aryl methyl sites for hydroxylation is 1. The van der Waals surface area contributed by atoms with Crippen molar-refractivity contribution in [2.75, 3.05) is 38.3 Å². The maximum absolute atomic E-state index is 12.6. The molecule has 142 valence electrons. The van der Waals surface area contributed by atoms with Gasteiger partial charge in [-0.2, -0.15) is 0 Å². The summed E-state index contributed by atoms with van der Waals surface area (Å²) in [6.07, 6.45) is 2.99. The lowest BCUT2D eigenvalue weighted by molar-refractivity contribution is -0.126. The number of para-hydroxylation sites is 2. The number of nitrogens with zero attached hydrogens (tertiary/aromatic N) is 1. The van der Waals surface area contributed by atoms with E-state index in [1.807, 2.05) is 18.2 Å². The van der Waals surface area contributed by atoms with Gasteiger partial charge in [0.15, 0.2) is 11.5 Å². The van der Waals surface area contributed by atoms with Gasteiger partial charge in [-0.15, -0.1) is 0 Å². The number of hydrogen-bond acceptors (Lipinski definition) is 4. The number of fused-ring (bicyclic) bond motifs is 2. The van der Waals surface area contributed by atoms with E-state index in [-0.39, 0.29) is 11.8 Å². The second-order valence-corrected chi connectivity index (χ2v) is 7.17. The average molecular weight is 366 g/mol. The summed E-state index contributed by atoms with van der Waals surface area (Å²) >= 11 is 0. The summed E-state index contributed by atoms with van der Waals surface area (Å²) in [5.74, 6) is 1.41. The quantitative estimate of drug-likeness (QED) is 0.884. The summed E-state index contributed by atoms with van der Waals surface area (Å²) in [6.45, 7) is 2.92. The van der Waals surface area contributed by atoms with E-state index in [0.29, 0.717) is 19.6 Å². The van der Waals surface area contributed by atoms with Crippen molar-refractivity contribution in [3.63, 3.8) is 0 Å². The Morgan fingerprint density at radius 1 is 1.22 bits per heavy atom. The lowest BCUT2D eigenvalue weighted by atomic mass is 9.95. The van der Waals surface area contributed by atoms with Crippen molar-refractivity contribution < 1.29 is 14.3 Å². The molecule has 2 heterocycles. The molecule has 0 aliphatic carbocycles. The first-order valence-corrected chi connectivity index (χ1v) is 9.65. The summed E-state index contributed by atoms with van der Waals surface area (Å²) in [5.41, 5.74) is 3.74. The van der Waals surface area contributed by atoms with Crippen molar-refractivity contribution in [1.82, 2.24) is 5.32 Å². The van der Waals surface area contributed by atoms with E-state index in [0.717, 1.165) is 36.6 Å². The molecule has 0 fully saturated rings. The van der Waals surface area contributed by atoms with Crippen LogP contribution in [0.2, 0.25) is 0 Å². The first-order chi connectivity index (χ1) is 13.3. The molecule has 0 saturated heterocycles. The van der Waals surface area contributed by atoms with Gasteiger partial charge in [0.25, 0.3) is 0 Å². The minimum Gasteiger partial charge on any atom is -0.493 e. The van der Waals surface area contributed by atoms with Crippen LogP contribution >= 0.6 is 0 Å². The van der Waals surface area contributed by atoms with E-state index in [2.05, 4.69) is 34.5 Å². The van der Waals surface area contributed by atoms with Crippen LogP contribution in [0.3, 0.4) is 0 Å². The highest BCUT2D eigenvalue weighted by Crippen LogP contribution is 2.36. The number of carbonyl (C=O) groups is 1. The zero-order chi connectivity index (χ0) is 18.6. The van der Waals surface area contributed by atoms with Gasteiger partial charge in [0, 0.05) is 25.3 Å². The number of benzene rings is 2. The average Bonchev–Trinajstić information content (AvgIpc) is 2.73. The monoisotopic (exact) mass is 366 g/mol. The SMILES string of the molecule is COc1cccc2c1OCC(C(=O)NCCN1CCCc3ccccc31)C2. The summed E-state index contributed by atoms with van der Waals surface area (Å²) in [6, 6.07) is 14.4. The highest BCUT2D eigenvalue weighted by Gasteiger charge is 2.27. The van der Waals surface area contributed by atoms with E-state index >= 15 is 0 Å². The number of carbonyl (C=O) groups excluding carboxylic acids is 1. The van der Waals surface area contributed by atoms with Gasteiger partial charge in [0.05, 0.1) is 13.0 Å². The first kappa shape index (κ1) is 17.7. The van der Waals surface area contributed by atoms with Crippen LogP contribution in [0.15, 0.2) is 42.5 Å². The van der Waals surface area contributed by atoms with Gasteiger partial charge in [0.2, 0.25) is 5.91 Å². The van der Waals surface area contributed by atoms with Crippen LogP contribution in [0.25, 0.3) is 0 Å². The molecule has 0 bridgehead atoms. The van der Waals surface area contributed by atoms with Gasteiger partial charge >= 0.3 is 0 Å². The highest BCUT2D eigenvalue weighted by molar-refractivity contribution is 5.79. The number of rotatable bonds is 5. The normalized spacial score (nSPS) is 18.1. The minimum atomic E-state index is -0.154. The standard InChI is InChI=1S/C22H26N2O3/c1-26-20-10-4-7-17-14-18(15-27-21(17)20)22(25)23-11-13-24-12-5-8-16-6-2-3-9-19(16)24/h2-4,6-7,9-10,18H,5,8,11-15H2,1H3,(H,23,25). The number of ether oxygens (including phenoxy) is 2. The van der Waals surface area contributed by atoms with Gasteiger partial charge in [0.1, 0.15) is 6.61 Å². The van der Waals surface area contributed by atoms with Crippen molar-refractivity contribution in [2.24, 2.45) is 5.92 Å². The molecule has 0 aromatic heterocycles. The predicted molar refractivity (Wildman–Crippen MR) is 106 cm³/mol. The Bertz CT molecular complexity index is 821. The maximum Gasteiger partial charge on any atom is 0.226 e. The van der Waals surface area contributed by atoms with E-state index < -0.39 is 0 Å². The van der Waals surface area contributed by atoms with Crippen LogP contribution in [0, 0.1) is 5.92 Å². The molecule has 2 aliphatic rings. The minimum absolute atomic E-state index is 0.0637. The molecule has 1 atom stereocenters. The fraction of sp³-hybridized carbons (Fsp3) is 0.409. The summed E-state index contributed by atoms with van der Waals surface area (Å²) in [4.78, 5) is 15.0. The van der Waals surface area contributed by atoms with Crippen molar-refractivity contribution in [2.45, 2.75) is 19.3 Å². The van der Waals surface area contributed by atoms with Crippen LogP contribution in [-0.2, 0) is 17.6 Å². The highest BCUT2D eigenvalue weighted by atomic mass is 16.5. The molecule has 0 radical (unpaired) electrons. The summed E-state index contributed by atoms with van der Waals surface area (Å²) in [5, 5.41) is 3.10. The van der Waals surface area contributed by atoms with E-state index in [1.54, 1.807) is 7.11 Å². The Morgan fingerprint density at radius 3 is 2.96 bits per heavy atom. The van der Waals surface area contributed by atoms with Crippen LogP contribution in [0.5, 0.6) is 11.5 Å². The number of amides is 1. The third kappa shape index (κ3) is 3.72. The zero-order valence-corrected chi connectivity index (χ0v) is 15.7. The van der Waals surface area contributed by atoms with Gasteiger partial charge in [-0.05, 0) is 42.5 Å². The smallest absolute Gasteiger partial charge is 0.226 e. The topological polar surface area (TPSA) is 50.8 Å². The van der Waals surface area contributed by atoms with Crippen molar-refractivity contribution >= 4 is 11.6 Å². The summed E-state index contributed by atoms with van der Waals surface area (Å²) in [7, 11) is 1.64. The van der Waals surface area contributed by atoms with E-state index in [4.69, 9.17) is 9.47 Å². The second-order valence-electron chi connectivity index (χ2n) is 7.17. The lowest BCUT2D eigenvalue weighted by Crippen LogP contribution is -2.42. The Hall–Kier alpha value is -2.69. The molecule has 27 heavy (non-hydrogen) atoms. The fourth-order valence-electron chi connectivity index (χ4n) is 4.03. The summed E-state index contributed by atoms with van der Waals surface area (Å²) < 4.78 is 11.2. The molecule has 0 spiro atoms. The van der Waals surface area contributed by atoms with E-state index in [1.165, 1.54) is 17.7 Å². The zero-order valence-electron chi connectivity index (χ0n) is 15.7. The molecule has 1 amide bonds. The largest absolute Gasteiger partial charge is 0.493 e. The molecule has 2 aliphatic heterocycles. The fourth-order valence-corrected chi connectivity index (χ4v) is 4.03. The molecule has 1 N–H and O–H groups in total. The van der Waals surface area contributed by atoms with Crippen LogP contribution in [-0.4, -0.2) is 39.3 Å². The van der Waals surface area contributed by atoms with E-state index in [9.17, 15) is 4.79 Å². The molecule has 2 aromatic carbocycles. The number of anilines is 1. The van der Waals surface area contributed by atoms with Gasteiger partial charge in [-0.1, -0.05) is 30.3 Å².